The fourth-order valence-corrected chi connectivity index (χ4v) is 2.05. The fourth-order valence-electron chi connectivity index (χ4n) is 2.05. The van der Waals surface area contributed by atoms with Crippen molar-refractivity contribution in [3.8, 4) is 5.75 Å². The number of carboxylic acids is 1. The minimum absolute atomic E-state index is 0.746. The van der Waals surface area contributed by atoms with Crippen molar-refractivity contribution in [3.05, 3.63) is 41.1 Å². The first-order chi connectivity index (χ1) is 9.01. The van der Waals surface area contributed by atoms with E-state index in [0.717, 1.165) is 39.5 Å². The van der Waals surface area contributed by atoms with Crippen LogP contribution in [0.3, 0.4) is 0 Å². The predicted octanol–water partition coefficient (Wildman–Crippen LogP) is 2.96. The summed E-state index contributed by atoms with van der Waals surface area (Å²) in [5.41, 5.74) is 3.39. The SMILES string of the molecule is COc1cc(C)nc2c(/C=C/C(=O)O)cc(C)cc12. The minimum atomic E-state index is -0.978. The summed E-state index contributed by atoms with van der Waals surface area (Å²) >= 11 is 0. The van der Waals surface area contributed by atoms with Crippen molar-refractivity contribution in [1.29, 1.82) is 0 Å². The lowest BCUT2D eigenvalue weighted by atomic mass is 10.0. The van der Waals surface area contributed by atoms with Gasteiger partial charge in [-0.15, -0.1) is 0 Å². The molecule has 0 fully saturated rings. The van der Waals surface area contributed by atoms with Crippen molar-refractivity contribution in [2.45, 2.75) is 13.8 Å². The first-order valence-electron chi connectivity index (χ1n) is 5.88. The Morgan fingerprint density at radius 3 is 2.68 bits per heavy atom. The summed E-state index contributed by atoms with van der Waals surface area (Å²) in [5.74, 6) is -0.231. The van der Waals surface area contributed by atoms with Gasteiger partial charge in [0.2, 0.25) is 0 Å². The standard InChI is InChI=1S/C15H15NO3/c1-9-6-11(4-5-14(17)18)15-12(7-9)13(19-3)8-10(2)16-15/h4-8H,1-3H3,(H,17,18)/b5-4+. The number of methoxy groups -OCH3 is 1. The van der Waals surface area contributed by atoms with E-state index in [0.29, 0.717) is 0 Å². The molecule has 0 spiro atoms. The van der Waals surface area contributed by atoms with Gasteiger partial charge in [-0.2, -0.15) is 0 Å². The van der Waals surface area contributed by atoms with Crippen LogP contribution in [0, 0.1) is 13.8 Å². The van der Waals surface area contributed by atoms with Gasteiger partial charge >= 0.3 is 5.97 Å². The number of nitrogens with zero attached hydrogens (tertiary/aromatic N) is 1. The van der Waals surface area contributed by atoms with Crippen molar-refractivity contribution < 1.29 is 14.6 Å². The Bertz CT molecular complexity index is 675. The maximum Gasteiger partial charge on any atom is 0.328 e. The molecule has 1 aromatic carbocycles. The Balaban J connectivity index is 2.76. The largest absolute Gasteiger partial charge is 0.496 e. The lowest BCUT2D eigenvalue weighted by molar-refractivity contribution is -0.131. The van der Waals surface area contributed by atoms with Gasteiger partial charge in [0, 0.05) is 28.8 Å². The smallest absolute Gasteiger partial charge is 0.328 e. The van der Waals surface area contributed by atoms with E-state index in [4.69, 9.17) is 9.84 Å². The highest BCUT2D eigenvalue weighted by molar-refractivity contribution is 5.95. The number of carboxylic acid groups (broad SMARTS) is 1. The molecular formula is C15H15NO3. The summed E-state index contributed by atoms with van der Waals surface area (Å²) in [6, 6.07) is 5.76. The van der Waals surface area contributed by atoms with Crippen molar-refractivity contribution in [2.75, 3.05) is 7.11 Å². The van der Waals surface area contributed by atoms with Crippen LogP contribution >= 0.6 is 0 Å². The predicted molar refractivity (Wildman–Crippen MR) is 74.4 cm³/mol. The van der Waals surface area contributed by atoms with Gasteiger partial charge in [0.1, 0.15) is 5.75 Å². The summed E-state index contributed by atoms with van der Waals surface area (Å²) in [6.07, 6.45) is 2.67. The zero-order valence-corrected chi connectivity index (χ0v) is 11.1. The third-order valence-electron chi connectivity index (χ3n) is 2.80. The summed E-state index contributed by atoms with van der Waals surface area (Å²) < 4.78 is 5.36. The van der Waals surface area contributed by atoms with Gasteiger partial charge in [0.25, 0.3) is 0 Å². The molecule has 98 valence electrons. The first kappa shape index (κ1) is 13.1. The van der Waals surface area contributed by atoms with Crippen molar-refractivity contribution >= 4 is 22.9 Å². The molecule has 0 aliphatic heterocycles. The monoisotopic (exact) mass is 257 g/mol. The van der Waals surface area contributed by atoms with Crippen LogP contribution in [-0.2, 0) is 4.79 Å². The molecule has 0 saturated carbocycles. The van der Waals surface area contributed by atoms with E-state index in [1.54, 1.807) is 13.2 Å². The number of carbonyl (C=O) groups is 1. The van der Waals surface area contributed by atoms with Crippen molar-refractivity contribution in [3.63, 3.8) is 0 Å². The van der Waals surface area contributed by atoms with Crippen LogP contribution in [-0.4, -0.2) is 23.2 Å². The number of aliphatic carboxylic acids is 1. The number of rotatable bonds is 3. The van der Waals surface area contributed by atoms with E-state index in [9.17, 15) is 4.79 Å². The molecule has 0 aliphatic rings. The Labute approximate surface area is 111 Å². The highest BCUT2D eigenvalue weighted by Gasteiger charge is 2.08. The molecule has 0 amide bonds. The summed E-state index contributed by atoms with van der Waals surface area (Å²) in [4.78, 5) is 15.1. The quantitative estimate of drug-likeness (QED) is 0.859. The molecule has 4 nitrogen and oxygen atoms in total. The van der Waals surface area contributed by atoms with E-state index in [1.807, 2.05) is 32.0 Å². The molecule has 4 heteroatoms. The topological polar surface area (TPSA) is 59.4 Å². The van der Waals surface area contributed by atoms with Crippen LogP contribution in [0.1, 0.15) is 16.8 Å². The number of benzene rings is 1. The van der Waals surface area contributed by atoms with E-state index in [-0.39, 0.29) is 0 Å². The molecule has 0 unspecified atom stereocenters. The highest BCUT2D eigenvalue weighted by Crippen LogP contribution is 2.29. The van der Waals surface area contributed by atoms with Gasteiger partial charge in [0.05, 0.1) is 12.6 Å². The van der Waals surface area contributed by atoms with Gasteiger partial charge in [-0.05, 0) is 37.6 Å². The number of aryl methyl sites for hydroxylation is 2. The second-order valence-electron chi connectivity index (χ2n) is 4.39. The maximum absolute atomic E-state index is 10.7. The summed E-state index contributed by atoms with van der Waals surface area (Å²) in [7, 11) is 1.61. The van der Waals surface area contributed by atoms with Gasteiger partial charge in [-0.3, -0.25) is 4.98 Å². The van der Waals surface area contributed by atoms with Gasteiger partial charge in [-0.1, -0.05) is 0 Å². The van der Waals surface area contributed by atoms with Crippen LogP contribution in [0.2, 0.25) is 0 Å². The zero-order chi connectivity index (χ0) is 14.0. The molecule has 1 aromatic heterocycles. The van der Waals surface area contributed by atoms with Crippen LogP contribution in [0.5, 0.6) is 5.75 Å². The first-order valence-corrected chi connectivity index (χ1v) is 5.88. The highest BCUT2D eigenvalue weighted by atomic mass is 16.5. The number of aromatic nitrogens is 1. The molecular weight excluding hydrogens is 242 g/mol. The van der Waals surface area contributed by atoms with Crippen LogP contribution in [0.15, 0.2) is 24.3 Å². The number of fused-ring (bicyclic) bond motifs is 1. The molecule has 0 aliphatic carbocycles. The third kappa shape index (κ3) is 2.73. The second-order valence-corrected chi connectivity index (χ2v) is 4.39. The van der Waals surface area contributed by atoms with E-state index < -0.39 is 5.97 Å². The average Bonchev–Trinajstić information content (AvgIpc) is 2.35. The lowest BCUT2D eigenvalue weighted by Crippen LogP contribution is -1.94. The van der Waals surface area contributed by atoms with Gasteiger partial charge < -0.3 is 9.84 Å². The number of pyridine rings is 1. The molecule has 0 saturated heterocycles. The summed E-state index contributed by atoms with van der Waals surface area (Å²) in [6.45, 7) is 3.84. The van der Waals surface area contributed by atoms with E-state index >= 15 is 0 Å². The molecule has 0 atom stereocenters. The molecule has 1 N–H and O–H groups in total. The zero-order valence-electron chi connectivity index (χ0n) is 11.1. The van der Waals surface area contributed by atoms with Gasteiger partial charge in [0.15, 0.2) is 0 Å². The normalized spacial score (nSPS) is 11.1. The van der Waals surface area contributed by atoms with Crippen molar-refractivity contribution in [1.82, 2.24) is 4.98 Å². The average molecular weight is 257 g/mol. The van der Waals surface area contributed by atoms with Crippen LogP contribution in [0.25, 0.3) is 17.0 Å². The molecule has 2 rings (SSSR count). The maximum atomic E-state index is 10.7. The van der Waals surface area contributed by atoms with Gasteiger partial charge in [-0.25, -0.2) is 4.79 Å². The Hall–Kier alpha value is -2.36. The molecule has 0 radical (unpaired) electrons. The third-order valence-corrected chi connectivity index (χ3v) is 2.80. The molecule has 19 heavy (non-hydrogen) atoms. The summed E-state index contributed by atoms with van der Waals surface area (Å²) in [5, 5.41) is 9.63. The second kappa shape index (κ2) is 5.10. The number of ether oxygens (including phenoxy) is 1. The lowest BCUT2D eigenvalue weighted by Gasteiger charge is -2.10. The minimum Gasteiger partial charge on any atom is -0.496 e. The van der Waals surface area contributed by atoms with Crippen LogP contribution < -0.4 is 4.74 Å². The number of hydrogen-bond acceptors (Lipinski definition) is 3. The van der Waals surface area contributed by atoms with Crippen LogP contribution in [0.4, 0.5) is 0 Å². The fraction of sp³-hybridized carbons (Fsp3) is 0.200. The van der Waals surface area contributed by atoms with E-state index in [2.05, 4.69) is 4.98 Å². The Morgan fingerprint density at radius 2 is 2.05 bits per heavy atom. The van der Waals surface area contributed by atoms with E-state index in [1.165, 1.54) is 0 Å². The molecule has 2 aromatic rings. The Morgan fingerprint density at radius 1 is 1.32 bits per heavy atom. The Kier molecular flexibility index (Phi) is 3.51. The molecule has 0 bridgehead atoms. The van der Waals surface area contributed by atoms with Crippen molar-refractivity contribution in [2.24, 2.45) is 0 Å². The molecule has 1 heterocycles. The number of hydrogen-bond donors (Lipinski definition) is 1.